The minimum Gasteiger partial charge on any atom is -0.436 e. The minimum atomic E-state index is 0.307. The number of ether oxygens (including phenoxy) is 1. The van der Waals surface area contributed by atoms with Gasteiger partial charge >= 0.3 is 0 Å². The zero-order valence-electron chi connectivity index (χ0n) is 8.64. The van der Waals surface area contributed by atoms with E-state index in [4.69, 9.17) is 22.1 Å². The smallest absolute Gasteiger partial charge is 0.239 e. The fourth-order valence-corrected chi connectivity index (χ4v) is 1.37. The number of aryl methyl sites for hydroxylation is 1. The van der Waals surface area contributed by atoms with Gasteiger partial charge < -0.3 is 10.5 Å². The van der Waals surface area contributed by atoms with Crippen molar-refractivity contribution < 1.29 is 4.74 Å². The van der Waals surface area contributed by atoms with Gasteiger partial charge in [-0.15, -0.1) is 0 Å². The van der Waals surface area contributed by atoms with Gasteiger partial charge in [-0.25, -0.2) is 0 Å². The van der Waals surface area contributed by atoms with E-state index in [-0.39, 0.29) is 0 Å². The fraction of sp³-hybridized carbons (Fsp3) is 0.0909. The molecule has 2 aromatic rings. The Bertz CT molecular complexity index is 516. The SMILES string of the molecule is Cc1ccc(Cl)c(Oc2cncc(N)n2)c1. The Hall–Kier alpha value is -1.81. The summed E-state index contributed by atoms with van der Waals surface area (Å²) in [5.41, 5.74) is 6.55. The van der Waals surface area contributed by atoms with Crippen LogP contribution in [0.3, 0.4) is 0 Å². The maximum absolute atomic E-state index is 5.98. The summed E-state index contributed by atoms with van der Waals surface area (Å²) < 4.78 is 5.49. The van der Waals surface area contributed by atoms with Crippen LogP contribution in [0, 0.1) is 6.92 Å². The summed E-state index contributed by atoms with van der Waals surface area (Å²) in [6.07, 6.45) is 2.93. The molecule has 0 aliphatic heterocycles. The van der Waals surface area contributed by atoms with Gasteiger partial charge in [-0.3, -0.25) is 4.98 Å². The number of aromatic nitrogens is 2. The molecule has 0 radical (unpaired) electrons. The maximum Gasteiger partial charge on any atom is 0.239 e. The Balaban J connectivity index is 2.30. The second kappa shape index (κ2) is 4.37. The van der Waals surface area contributed by atoms with E-state index in [0.29, 0.717) is 22.5 Å². The molecule has 5 heteroatoms. The molecule has 82 valence electrons. The predicted octanol–water partition coefficient (Wildman–Crippen LogP) is 2.81. The molecule has 0 aliphatic rings. The summed E-state index contributed by atoms with van der Waals surface area (Å²) in [5, 5.41) is 0.523. The van der Waals surface area contributed by atoms with Crippen LogP contribution in [-0.2, 0) is 0 Å². The lowest BCUT2D eigenvalue weighted by atomic mass is 10.2. The van der Waals surface area contributed by atoms with Gasteiger partial charge in [-0.2, -0.15) is 4.98 Å². The van der Waals surface area contributed by atoms with Crippen molar-refractivity contribution in [2.75, 3.05) is 5.73 Å². The Morgan fingerprint density at radius 2 is 2.12 bits per heavy atom. The first kappa shape index (κ1) is 10.7. The van der Waals surface area contributed by atoms with Crippen molar-refractivity contribution in [2.24, 2.45) is 0 Å². The third-order valence-electron chi connectivity index (χ3n) is 1.93. The maximum atomic E-state index is 5.98. The summed E-state index contributed by atoms with van der Waals surface area (Å²) in [6, 6.07) is 5.50. The van der Waals surface area contributed by atoms with Crippen LogP contribution in [0.25, 0.3) is 0 Å². The second-order valence-electron chi connectivity index (χ2n) is 3.32. The van der Waals surface area contributed by atoms with Crippen molar-refractivity contribution >= 4 is 17.4 Å². The van der Waals surface area contributed by atoms with Gasteiger partial charge in [0.1, 0.15) is 11.6 Å². The van der Waals surface area contributed by atoms with Crippen molar-refractivity contribution in [3.63, 3.8) is 0 Å². The highest BCUT2D eigenvalue weighted by Crippen LogP contribution is 2.29. The van der Waals surface area contributed by atoms with Gasteiger partial charge in [-0.05, 0) is 24.6 Å². The number of halogens is 1. The number of benzene rings is 1. The van der Waals surface area contributed by atoms with Gasteiger partial charge in [0.25, 0.3) is 0 Å². The molecule has 0 fully saturated rings. The molecule has 2 N–H and O–H groups in total. The first-order valence-corrected chi connectivity index (χ1v) is 5.04. The molecule has 16 heavy (non-hydrogen) atoms. The average Bonchev–Trinajstić information content (AvgIpc) is 2.24. The van der Waals surface area contributed by atoms with Crippen LogP contribution >= 0.6 is 11.6 Å². The van der Waals surface area contributed by atoms with Crippen LogP contribution in [0.5, 0.6) is 11.6 Å². The number of nitrogens with two attached hydrogens (primary N) is 1. The van der Waals surface area contributed by atoms with Gasteiger partial charge in [0, 0.05) is 0 Å². The Labute approximate surface area is 98.0 Å². The largest absolute Gasteiger partial charge is 0.436 e. The van der Waals surface area contributed by atoms with E-state index in [1.807, 2.05) is 19.1 Å². The first-order valence-electron chi connectivity index (χ1n) is 4.66. The molecule has 0 aliphatic carbocycles. The third kappa shape index (κ3) is 2.41. The average molecular weight is 236 g/mol. The lowest BCUT2D eigenvalue weighted by Gasteiger charge is -2.07. The number of rotatable bonds is 2. The van der Waals surface area contributed by atoms with E-state index in [9.17, 15) is 0 Å². The number of nitrogen functional groups attached to an aromatic ring is 1. The fourth-order valence-electron chi connectivity index (χ4n) is 1.21. The lowest BCUT2D eigenvalue weighted by molar-refractivity contribution is 0.461. The van der Waals surface area contributed by atoms with Crippen molar-refractivity contribution in [3.05, 3.63) is 41.2 Å². The highest BCUT2D eigenvalue weighted by Gasteiger charge is 2.04. The summed E-state index contributed by atoms with van der Waals surface area (Å²) in [4.78, 5) is 7.85. The van der Waals surface area contributed by atoms with E-state index in [2.05, 4.69) is 9.97 Å². The highest BCUT2D eigenvalue weighted by atomic mass is 35.5. The molecule has 0 spiro atoms. The summed E-state index contributed by atoms with van der Waals surface area (Å²) >= 11 is 5.98. The molecule has 0 atom stereocenters. The molecule has 0 unspecified atom stereocenters. The second-order valence-corrected chi connectivity index (χ2v) is 3.73. The molecule has 1 heterocycles. The standard InChI is InChI=1S/C11H10ClN3O/c1-7-2-3-8(12)9(4-7)16-11-6-14-5-10(13)15-11/h2-6H,1H3,(H2,13,15). The molecule has 4 nitrogen and oxygen atoms in total. The zero-order valence-corrected chi connectivity index (χ0v) is 9.40. The molecule has 2 rings (SSSR count). The Kier molecular flexibility index (Phi) is 2.92. The van der Waals surface area contributed by atoms with E-state index >= 15 is 0 Å². The van der Waals surface area contributed by atoms with E-state index < -0.39 is 0 Å². The summed E-state index contributed by atoms with van der Waals surface area (Å²) in [6.45, 7) is 1.95. The molecule has 0 amide bonds. The molecule has 0 saturated heterocycles. The lowest BCUT2D eigenvalue weighted by Crippen LogP contribution is -1.95. The van der Waals surface area contributed by atoms with E-state index in [1.165, 1.54) is 12.4 Å². The minimum absolute atomic E-state index is 0.307. The third-order valence-corrected chi connectivity index (χ3v) is 2.24. The van der Waals surface area contributed by atoms with Crippen LogP contribution in [0.2, 0.25) is 5.02 Å². The zero-order chi connectivity index (χ0) is 11.5. The molecule has 0 bridgehead atoms. The Morgan fingerprint density at radius 1 is 1.31 bits per heavy atom. The molecular formula is C11H10ClN3O. The molecule has 0 saturated carbocycles. The van der Waals surface area contributed by atoms with Crippen LogP contribution in [0.15, 0.2) is 30.6 Å². The monoisotopic (exact) mass is 235 g/mol. The van der Waals surface area contributed by atoms with Crippen molar-refractivity contribution in [1.82, 2.24) is 9.97 Å². The number of nitrogens with zero attached hydrogens (tertiary/aromatic N) is 2. The molecule has 1 aromatic heterocycles. The van der Waals surface area contributed by atoms with Crippen LogP contribution in [-0.4, -0.2) is 9.97 Å². The molecule has 1 aromatic carbocycles. The van der Waals surface area contributed by atoms with Gasteiger partial charge in [0.15, 0.2) is 0 Å². The van der Waals surface area contributed by atoms with Gasteiger partial charge in [0.2, 0.25) is 5.88 Å². The normalized spacial score (nSPS) is 10.1. The van der Waals surface area contributed by atoms with Crippen LogP contribution < -0.4 is 10.5 Å². The predicted molar refractivity (Wildman–Crippen MR) is 62.7 cm³/mol. The number of hydrogen-bond acceptors (Lipinski definition) is 4. The van der Waals surface area contributed by atoms with E-state index in [1.54, 1.807) is 6.07 Å². The summed E-state index contributed by atoms with van der Waals surface area (Å²) in [7, 11) is 0. The van der Waals surface area contributed by atoms with Crippen molar-refractivity contribution in [2.45, 2.75) is 6.92 Å². The highest BCUT2D eigenvalue weighted by molar-refractivity contribution is 6.32. The first-order chi connectivity index (χ1) is 7.65. The van der Waals surface area contributed by atoms with E-state index in [0.717, 1.165) is 5.56 Å². The summed E-state index contributed by atoms with van der Waals surface area (Å²) in [5.74, 6) is 1.18. The van der Waals surface area contributed by atoms with Gasteiger partial charge in [-0.1, -0.05) is 17.7 Å². The van der Waals surface area contributed by atoms with Crippen LogP contribution in [0.1, 0.15) is 5.56 Å². The topological polar surface area (TPSA) is 61.0 Å². The number of hydrogen-bond donors (Lipinski definition) is 1. The quantitative estimate of drug-likeness (QED) is 0.870. The van der Waals surface area contributed by atoms with Crippen molar-refractivity contribution in [1.29, 1.82) is 0 Å². The van der Waals surface area contributed by atoms with Crippen molar-refractivity contribution in [3.8, 4) is 11.6 Å². The van der Waals surface area contributed by atoms with Gasteiger partial charge in [0.05, 0.1) is 17.4 Å². The molecular weight excluding hydrogens is 226 g/mol. The Morgan fingerprint density at radius 3 is 2.88 bits per heavy atom. The van der Waals surface area contributed by atoms with Crippen LogP contribution in [0.4, 0.5) is 5.82 Å². The number of anilines is 1.